The van der Waals surface area contributed by atoms with E-state index in [1.165, 1.54) is 0 Å². The SMILES string of the molecule is CCC(CC)Nc1ncnc2c1cnn2C. The summed E-state index contributed by atoms with van der Waals surface area (Å²) >= 11 is 0. The fourth-order valence-corrected chi connectivity index (χ4v) is 1.76. The lowest BCUT2D eigenvalue weighted by molar-refractivity contribution is 0.669. The van der Waals surface area contributed by atoms with Crippen LogP contribution in [0.15, 0.2) is 12.5 Å². The Hall–Kier alpha value is -1.65. The highest BCUT2D eigenvalue weighted by Crippen LogP contribution is 2.19. The van der Waals surface area contributed by atoms with Crippen LogP contribution in [0.1, 0.15) is 26.7 Å². The molecule has 0 saturated carbocycles. The highest BCUT2D eigenvalue weighted by atomic mass is 15.3. The summed E-state index contributed by atoms with van der Waals surface area (Å²) in [5, 5.41) is 8.60. The molecule has 2 heterocycles. The zero-order valence-electron chi connectivity index (χ0n) is 9.94. The smallest absolute Gasteiger partial charge is 0.163 e. The molecule has 86 valence electrons. The van der Waals surface area contributed by atoms with E-state index in [9.17, 15) is 0 Å². The van der Waals surface area contributed by atoms with E-state index in [0.717, 1.165) is 29.7 Å². The maximum atomic E-state index is 4.28. The molecular formula is C11H17N5. The van der Waals surface area contributed by atoms with Crippen LogP contribution < -0.4 is 5.32 Å². The number of anilines is 1. The first-order valence-corrected chi connectivity index (χ1v) is 5.65. The number of nitrogens with zero attached hydrogens (tertiary/aromatic N) is 4. The van der Waals surface area contributed by atoms with Gasteiger partial charge in [0.05, 0.1) is 11.6 Å². The molecule has 0 amide bonds. The van der Waals surface area contributed by atoms with Crippen LogP contribution in [0, 0.1) is 0 Å². The first-order valence-electron chi connectivity index (χ1n) is 5.65. The van der Waals surface area contributed by atoms with Crippen molar-refractivity contribution in [1.82, 2.24) is 19.7 Å². The molecule has 0 aliphatic rings. The Balaban J connectivity index is 2.37. The van der Waals surface area contributed by atoms with Crippen molar-refractivity contribution in [2.45, 2.75) is 32.7 Å². The molecule has 2 aromatic heterocycles. The first kappa shape index (κ1) is 10.9. The zero-order chi connectivity index (χ0) is 11.5. The van der Waals surface area contributed by atoms with Crippen LogP contribution in [0.5, 0.6) is 0 Å². The number of rotatable bonds is 4. The van der Waals surface area contributed by atoms with Crippen LogP contribution >= 0.6 is 0 Å². The lowest BCUT2D eigenvalue weighted by atomic mass is 10.2. The van der Waals surface area contributed by atoms with E-state index in [1.54, 1.807) is 17.2 Å². The third-order valence-corrected chi connectivity index (χ3v) is 2.86. The second-order valence-corrected chi connectivity index (χ2v) is 3.89. The summed E-state index contributed by atoms with van der Waals surface area (Å²) in [6, 6.07) is 0.457. The van der Waals surface area contributed by atoms with Crippen molar-refractivity contribution < 1.29 is 0 Å². The molecule has 0 atom stereocenters. The second kappa shape index (κ2) is 4.47. The topological polar surface area (TPSA) is 55.6 Å². The highest BCUT2D eigenvalue weighted by molar-refractivity contribution is 5.86. The minimum atomic E-state index is 0.457. The number of fused-ring (bicyclic) bond motifs is 1. The van der Waals surface area contributed by atoms with Gasteiger partial charge in [-0.25, -0.2) is 9.97 Å². The molecule has 2 aromatic rings. The third-order valence-electron chi connectivity index (χ3n) is 2.86. The Kier molecular flexibility index (Phi) is 3.03. The summed E-state index contributed by atoms with van der Waals surface area (Å²) in [6.07, 6.45) is 5.55. The number of hydrogen-bond donors (Lipinski definition) is 1. The minimum Gasteiger partial charge on any atom is -0.367 e. The Morgan fingerprint density at radius 2 is 2.06 bits per heavy atom. The quantitative estimate of drug-likeness (QED) is 0.854. The van der Waals surface area contributed by atoms with E-state index in [2.05, 4.69) is 34.2 Å². The molecule has 0 saturated heterocycles. The van der Waals surface area contributed by atoms with E-state index >= 15 is 0 Å². The molecule has 1 N–H and O–H groups in total. The molecule has 0 unspecified atom stereocenters. The van der Waals surface area contributed by atoms with E-state index < -0.39 is 0 Å². The van der Waals surface area contributed by atoms with Gasteiger partial charge in [-0.05, 0) is 12.8 Å². The number of aryl methyl sites for hydroxylation is 1. The van der Waals surface area contributed by atoms with Gasteiger partial charge in [-0.15, -0.1) is 0 Å². The molecule has 0 aliphatic carbocycles. The van der Waals surface area contributed by atoms with Crippen molar-refractivity contribution in [3.05, 3.63) is 12.5 Å². The van der Waals surface area contributed by atoms with Crippen LogP contribution in [0.2, 0.25) is 0 Å². The molecular weight excluding hydrogens is 202 g/mol. The predicted octanol–water partition coefficient (Wildman–Crippen LogP) is 1.96. The van der Waals surface area contributed by atoms with E-state index in [0.29, 0.717) is 6.04 Å². The van der Waals surface area contributed by atoms with Gasteiger partial charge < -0.3 is 5.32 Å². The largest absolute Gasteiger partial charge is 0.367 e. The lowest BCUT2D eigenvalue weighted by Crippen LogP contribution is -2.18. The average Bonchev–Trinajstić information content (AvgIpc) is 2.69. The molecule has 0 bridgehead atoms. The van der Waals surface area contributed by atoms with Crippen molar-refractivity contribution in [1.29, 1.82) is 0 Å². The van der Waals surface area contributed by atoms with E-state index in [4.69, 9.17) is 0 Å². The van der Waals surface area contributed by atoms with Crippen LogP contribution in [0.25, 0.3) is 11.0 Å². The van der Waals surface area contributed by atoms with Gasteiger partial charge in [0.25, 0.3) is 0 Å². The number of hydrogen-bond acceptors (Lipinski definition) is 4. The Labute approximate surface area is 94.9 Å². The van der Waals surface area contributed by atoms with E-state index in [1.807, 2.05) is 7.05 Å². The monoisotopic (exact) mass is 219 g/mol. The molecule has 0 radical (unpaired) electrons. The van der Waals surface area contributed by atoms with Gasteiger partial charge in [-0.3, -0.25) is 4.68 Å². The first-order chi connectivity index (χ1) is 7.76. The molecule has 5 heteroatoms. The van der Waals surface area contributed by atoms with Crippen molar-refractivity contribution in [2.75, 3.05) is 5.32 Å². The van der Waals surface area contributed by atoms with Gasteiger partial charge in [0.15, 0.2) is 5.65 Å². The molecule has 2 rings (SSSR count). The van der Waals surface area contributed by atoms with Crippen LogP contribution in [-0.4, -0.2) is 25.8 Å². The normalized spacial score (nSPS) is 11.2. The summed E-state index contributed by atoms with van der Waals surface area (Å²) in [7, 11) is 1.89. The average molecular weight is 219 g/mol. The Bertz CT molecular complexity index is 472. The van der Waals surface area contributed by atoms with Crippen molar-refractivity contribution >= 4 is 16.9 Å². The van der Waals surface area contributed by atoms with E-state index in [-0.39, 0.29) is 0 Å². The Morgan fingerprint density at radius 3 is 2.75 bits per heavy atom. The zero-order valence-corrected chi connectivity index (χ0v) is 9.94. The molecule has 0 aliphatic heterocycles. The van der Waals surface area contributed by atoms with Gasteiger partial charge in [0.1, 0.15) is 12.1 Å². The predicted molar refractivity (Wildman–Crippen MR) is 64.3 cm³/mol. The van der Waals surface area contributed by atoms with Crippen molar-refractivity contribution in [2.24, 2.45) is 7.05 Å². The van der Waals surface area contributed by atoms with Crippen LogP contribution in [0.4, 0.5) is 5.82 Å². The van der Waals surface area contributed by atoms with Crippen molar-refractivity contribution in [3.8, 4) is 0 Å². The molecule has 0 aromatic carbocycles. The van der Waals surface area contributed by atoms with Crippen LogP contribution in [0.3, 0.4) is 0 Å². The standard InChI is InChI=1S/C11H17N5/c1-4-8(5-2)15-10-9-6-14-16(3)11(9)13-7-12-10/h6-8H,4-5H2,1-3H3,(H,12,13,15). The third kappa shape index (κ3) is 1.85. The summed E-state index contributed by atoms with van der Waals surface area (Å²) in [6.45, 7) is 4.34. The highest BCUT2D eigenvalue weighted by Gasteiger charge is 2.10. The summed E-state index contributed by atoms with van der Waals surface area (Å²) in [5.41, 5.74) is 0.864. The number of nitrogens with one attached hydrogen (secondary N) is 1. The fraction of sp³-hybridized carbons (Fsp3) is 0.545. The maximum absolute atomic E-state index is 4.28. The summed E-state index contributed by atoms with van der Waals surface area (Å²) in [5.74, 6) is 0.881. The fourth-order valence-electron chi connectivity index (χ4n) is 1.76. The molecule has 0 spiro atoms. The lowest BCUT2D eigenvalue weighted by Gasteiger charge is -2.15. The molecule has 5 nitrogen and oxygen atoms in total. The van der Waals surface area contributed by atoms with Gasteiger partial charge in [-0.2, -0.15) is 5.10 Å². The second-order valence-electron chi connectivity index (χ2n) is 3.89. The van der Waals surface area contributed by atoms with Gasteiger partial charge in [0.2, 0.25) is 0 Å². The summed E-state index contributed by atoms with van der Waals surface area (Å²) < 4.78 is 1.76. The Morgan fingerprint density at radius 1 is 1.31 bits per heavy atom. The van der Waals surface area contributed by atoms with Gasteiger partial charge >= 0.3 is 0 Å². The number of aromatic nitrogens is 4. The maximum Gasteiger partial charge on any atom is 0.163 e. The molecule has 16 heavy (non-hydrogen) atoms. The minimum absolute atomic E-state index is 0.457. The van der Waals surface area contributed by atoms with Gasteiger partial charge in [0, 0.05) is 13.1 Å². The molecule has 0 fully saturated rings. The van der Waals surface area contributed by atoms with Crippen LogP contribution in [-0.2, 0) is 7.05 Å². The van der Waals surface area contributed by atoms with Gasteiger partial charge in [-0.1, -0.05) is 13.8 Å². The van der Waals surface area contributed by atoms with Crippen molar-refractivity contribution in [3.63, 3.8) is 0 Å². The summed E-state index contributed by atoms with van der Waals surface area (Å²) in [4.78, 5) is 8.49.